The Bertz CT molecular complexity index is 430. The smallest absolute Gasteiger partial charge is 0.252 e. The van der Waals surface area contributed by atoms with Gasteiger partial charge in [-0.2, -0.15) is 0 Å². The Kier molecular flexibility index (Phi) is 4.49. The Morgan fingerprint density at radius 1 is 1.50 bits per heavy atom. The van der Waals surface area contributed by atoms with Gasteiger partial charge in [0, 0.05) is 6.54 Å². The van der Waals surface area contributed by atoms with Crippen molar-refractivity contribution < 1.29 is 9.90 Å². The standard InChI is InChI=1S/C12H20N4O2/c1-3-12(18,4-2)7-16-11-9(10(14)17)5-8(13)6-15-11/h5-6,18H,3-4,7,13H2,1-2H3,(H2,14,17)(H,15,16). The Morgan fingerprint density at radius 2 is 2.11 bits per heavy atom. The van der Waals surface area contributed by atoms with E-state index in [1.165, 1.54) is 12.3 Å². The first kappa shape index (κ1) is 14.2. The van der Waals surface area contributed by atoms with Crippen LogP contribution in [-0.4, -0.2) is 28.1 Å². The number of nitrogens with two attached hydrogens (primary N) is 2. The quantitative estimate of drug-likeness (QED) is 0.595. The van der Waals surface area contributed by atoms with Gasteiger partial charge in [-0.1, -0.05) is 13.8 Å². The Morgan fingerprint density at radius 3 is 2.61 bits per heavy atom. The second kappa shape index (κ2) is 5.68. The molecular weight excluding hydrogens is 232 g/mol. The van der Waals surface area contributed by atoms with Crippen LogP contribution in [0.1, 0.15) is 37.0 Å². The van der Waals surface area contributed by atoms with Gasteiger partial charge >= 0.3 is 0 Å². The van der Waals surface area contributed by atoms with Crippen molar-refractivity contribution in [2.24, 2.45) is 5.73 Å². The van der Waals surface area contributed by atoms with E-state index in [0.717, 1.165) is 0 Å². The first-order chi connectivity index (χ1) is 8.41. The molecule has 6 N–H and O–H groups in total. The third-order valence-electron chi connectivity index (χ3n) is 3.08. The number of anilines is 2. The molecule has 6 nitrogen and oxygen atoms in total. The molecule has 6 heteroatoms. The Balaban J connectivity index is 2.88. The summed E-state index contributed by atoms with van der Waals surface area (Å²) >= 11 is 0. The average molecular weight is 252 g/mol. The Labute approximate surface area is 106 Å². The highest BCUT2D eigenvalue weighted by Gasteiger charge is 2.22. The predicted molar refractivity (Wildman–Crippen MR) is 71.2 cm³/mol. The molecule has 1 heterocycles. The number of pyridine rings is 1. The molecule has 0 radical (unpaired) electrons. The Hall–Kier alpha value is -1.82. The van der Waals surface area contributed by atoms with Crippen LogP contribution in [0, 0.1) is 0 Å². The summed E-state index contributed by atoms with van der Waals surface area (Å²) in [6, 6.07) is 1.47. The van der Waals surface area contributed by atoms with E-state index < -0.39 is 11.5 Å². The monoisotopic (exact) mass is 252 g/mol. The zero-order valence-electron chi connectivity index (χ0n) is 10.7. The number of amides is 1. The molecule has 0 aromatic carbocycles. The number of carbonyl (C=O) groups is 1. The second-order valence-corrected chi connectivity index (χ2v) is 4.31. The topological polar surface area (TPSA) is 114 Å². The maximum Gasteiger partial charge on any atom is 0.252 e. The fourth-order valence-electron chi connectivity index (χ4n) is 1.56. The molecule has 0 saturated carbocycles. The van der Waals surface area contributed by atoms with Crippen molar-refractivity contribution in [1.82, 2.24) is 4.98 Å². The first-order valence-corrected chi connectivity index (χ1v) is 5.93. The fraction of sp³-hybridized carbons (Fsp3) is 0.500. The van der Waals surface area contributed by atoms with Crippen LogP contribution in [0.5, 0.6) is 0 Å². The van der Waals surface area contributed by atoms with E-state index in [0.29, 0.717) is 30.9 Å². The van der Waals surface area contributed by atoms with E-state index in [1.54, 1.807) is 0 Å². The van der Waals surface area contributed by atoms with Crippen LogP contribution in [0.2, 0.25) is 0 Å². The van der Waals surface area contributed by atoms with Crippen molar-refractivity contribution >= 4 is 17.4 Å². The number of hydrogen-bond acceptors (Lipinski definition) is 5. The van der Waals surface area contributed by atoms with Crippen molar-refractivity contribution in [3.63, 3.8) is 0 Å². The predicted octanol–water partition coefficient (Wildman–Crippen LogP) is 0.726. The molecule has 100 valence electrons. The van der Waals surface area contributed by atoms with E-state index in [4.69, 9.17) is 11.5 Å². The molecule has 18 heavy (non-hydrogen) atoms. The number of nitrogens with zero attached hydrogens (tertiary/aromatic N) is 1. The zero-order chi connectivity index (χ0) is 13.8. The van der Waals surface area contributed by atoms with Gasteiger partial charge in [0.2, 0.25) is 0 Å². The summed E-state index contributed by atoms with van der Waals surface area (Å²) in [5, 5.41) is 13.1. The minimum atomic E-state index is -0.821. The molecule has 0 atom stereocenters. The van der Waals surface area contributed by atoms with Gasteiger partial charge in [0.15, 0.2) is 0 Å². The summed E-state index contributed by atoms with van der Waals surface area (Å²) in [4.78, 5) is 15.3. The molecule has 0 saturated heterocycles. The van der Waals surface area contributed by atoms with Crippen molar-refractivity contribution in [3.8, 4) is 0 Å². The summed E-state index contributed by atoms with van der Waals surface area (Å²) in [7, 11) is 0. The molecule has 1 aromatic heterocycles. The SMILES string of the molecule is CCC(O)(CC)CNc1ncc(N)cc1C(N)=O. The van der Waals surface area contributed by atoms with Crippen LogP contribution in [0.3, 0.4) is 0 Å². The lowest BCUT2D eigenvalue weighted by atomic mass is 9.97. The first-order valence-electron chi connectivity index (χ1n) is 5.93. The largest absolute Gasteiger partial charge is 0.397 e. The molecule has 0 unspecified atom stereocenters. The van der Waals surface area contributed by atoms with Gasteiger partial charge in [-0.25, -0.2) is 4.98 Å². The molecule has 0 spiro atoms. The van der Waals surface area contributed by atoms with Gasteiger partial charge in [0.1, 0.15) is 5.82 Å². The van der Waals surface area contributed by atoms with Crippen molar-refractivity contribution in [3.05, 3.63) is 17.8 Å². The van der Waals surface area contributed by atoms with Crippen molar-refractivity contribution in [2.45, 2.75) is 32.3 Å². The van der Waals surface area contributed by atoms with E-state index in [-0.39, 0.29) is 5.56 Å². The van der Waals surface area contributed by atoms with Gasteiger partial charge in [0.25, 0.3) is 5.91 Å². The highest BCUT2D eigenvalue weighted by molar-refractivity contribution is 5.98. The van der Waals surface area contributed by atoms with Gasteiger partial charge in [-0.05, 0) is 18.9 Å². The number of nitrogens with one attached hydrogen (secondary N) is 1. The minimum absolute atomic E-state index is 0.226. The lowest BCUT2D eigenvalue weighted by Gasteiger charge is -2.26. The third kappa shape index (κ3) is 3.33. The summed E-state index contributed by atoms with van der Waals surface area (Å²) in [6.45, 7) is 4.10. The molecule has 1 aromatic rings. The van der Waals surface area contributed by atoms with Crippen molar-refractivity contribution in [1.29, 1.82) is 0 Å². The molecule has 0 fully saturated rings. The molecule has 1 rings (SSSR count). The van der Waals surface area contributed by atoms with E-state index in [2.05, 4.69) is 10.3 Å². The zero-order valence-corrected chi connectivity index (χ0v) is 10.7. The third-order valence-corrected chi connectivity index (χ3v) is 3.08. The number of aliphatic hydroxyl groups is 1. The minimum Gasteiger partial charge on any atom is -0.397 e. The number of nitrogen functional groups attached to an aromatic ring is 1. The molecule has 1 amide bonds. The highest BCUT2D eigenvalue weighted by Crippen LogP contribution is 2.19. The van der Waals surface area contributed by atoms with Crippen LogP contribution in [0.15, 0.2) is 12.3 Å². The normalized spacial score (nSPS) is 11.3. The number of hydrogen-bond donors (Lipinski definition) is 4. The van der Waals surface area contributed by atoms with E-state index >= 15 is 0 Å². The fourth-order valence-corrected chi connectivity index (χ4v) is 1.56. The van der Waals surface area contributed by atoms with Crippen LogP contribution in [0.4, 0.5) is 11.5 Å². The van der Waals surface area contributed by atoms with E-state index in [9.17, 15) is 9.90 Å². The van der Waals surface area contributed by atoms with Crippen molar-refractivity contribution in [2.75, 3.05) is 17.6 Å². The van der Waals surface area contributed by atoms with Gasteiger partial charge < -0.3 is 21.9 Å². The second-order valence-electron chi connectivity index (χ2n) is 4.31. The van der Waals surface area contributed by atoms with Gasteiger partial charge in [0.05, 0.1) is 23.0 Å². The summed E-state index contributed by atoms with van der Waals surface area (Å²) in [5.74, 6) is -0.258. The molecule has 0 aliphatic carbocycles. The van der Waals surface area contributed by atoms with Crippen LogP contribution < -0.4 is 16.8 Å². The molecular formula is C12H20N4O2. The lowest BCUT2D eigenvalue weighted by molar-refractivity contribution is 0.0456. The van der Waals surface area contributed by atoms with Gasteiger partial charge in [-0.15, -0.1) is 0 Å². The van der Waals surface area contributed by atoms with Crippen LogP contribution >= 0.6 is 0 Å². The average Bonchev–Trinajstić information content (AvgIpc) is 2.36. The summed E-state index contributed by atoms with van der Waals surface area (Å²) in [5.41, 5.74) is 10.6. The molecule has 0 aliphatic heterocycles. The maximum absolute atomic E-state index is 11.3. The number of rotatable bonds is 6. The summed E-state index contributed by atoms with van der Waals surface area (Å²) in [6.07, 6.45) is 2.65. The van der Waals surface area contributed by atoms with E-state index in [1.807, 2.05) is 13.8 Å². The molecule has 0 aliphatic rings. The van der Waals surface area contributed by atoms with Crippen LogP contribution in [0.25, 0.3) is 0 Å². The maximum atomic E-state index is 11.3. The number of aromatic nitrogens is 1. The summed E-state index contributed by atoms with van der Waals surface area (Å²) < 4.78 is 0. The number of carbonyl (C=O) groups excluding carboxylic acids is 1. The lowest BCUT2D eigenvalue weighted by Crippen LogP contribution is -2.36. The molecule has 0 bridgehead atoms. The number of primary amides is 1. The highest BCUT2D eigenvalue weighted by atomic mass is 16.3. The van der Waals surface area contributed by atoms with Crippen LogP contribution in [-0.2, 0) is 0 Å². The van der Waals surface area contributed by atoms with Gasteiger partial charge in [-0.3, -0.25) is 4.79 Å².